The first-order valence-electron chi connectivity index (χ1n) is 12.5. The molecule has 1 aliphatic rings. The summed E-state index contributed by atoms with van der Waals surface area (Å²) in [7, 11) is 0. The summed E-state index contributed by atoms with van der Waals surface area (Å²) in [4.78, 5) is 15.4. The number of nitrogens with one attached hydrogen (secondary N) is 3. The summed E-state index contributed by atoms with van der Waals surface area (Å²) < 4.78 is 0. The molecule has 0 saturated carbocycles. The number of nitrogens with zero attached hydrogens (tertiary/aromatic N) is 4. The number of anilines is 2. The zero-order chi connectivity index (χ0) is 23.9. The van der Waals surface area contributed by atoms with Gasteiger partial charge >= 0.3 is 0 Å². The lowest BCUT2D eigenvalue weighted by molar-refractivity contribution is 0.578. The van der Waals surface area contributed by atoms with E-state index in [1.165, 1.54) is 30.4 Å². The molecule has 2 aromatic carbocycles. The van der Waals surface area contributed by atoms with E-state index in [1.807, 2.05) is 12.4 Å². The average Bonchev–Trinajstić information content (AvgIpc) is 3.47. The molecule has 178 valence electrons. The van der Waals surface area contributed by atoms with Gasteiger partial charge in [-0.2, -0.15) is 5.10 Å². The van der Waals surface area contributed by atoms with Crippen LogP contribution in [-0.2, 0) is 0 Å². The molecule has 35 heavy (non-hydrogen) atoms. The van der Waals surface area contributed by atoms with Crippen molar-refractivity contribution in [3.05, 3.63) is 54.4 Å². The first-order valence-corrected chi connectivity index (χ1v) is 12.5. The van der Waals surface area contributed by atoms with E-state index in [-0.39, 0.29) is 0 Å². The Hall–Kier alpha value is -3.87. The van der Waals surface area contributed by atoms with E-state index in [2.05, 4.69) is 87.6 Å². The van der Waals surface area contributed by atoms with Crippen LogP contribution in [0.4, 0.5) is 11.4 Å². The lowest BCUT2D eigenvalue weighted by atomic mass is 10.00. The van der Waals surface area contributed by atoms with Gasteiger partial charge in [-0.05, 0) is 81.0 Å². The second-order valence-corrected chi connectivity index (χ2v) is 9.91. The van der Waals surface area contributed by atoms with Crippen molar-refractivity contribution >= 4 is 33.3 Å². The molecule has 0 atom stereocenters. The number of benzene rings is 2. The zero-order valence-corrected chi connectivity index (χ0v) is 20.5. The molecule has 0 radical (unpaired) electrons. The van der Waals surface area contributed by atoms with Crippen molar-refractivity contribution in [1.82, 2.24) is 25.1 Å². The summed E-state index contributed by atoms with van der Waals surface area (Å²) in [6.07, 6.45) is 7.53. The highest BCUT2D eigenvalue weighted by molar-refractivity contribution is 5.97. The predicted molar refractivity (Wildman–Crippen MR) is 144 cm³/mol. The minimum absolute atomic E-state index is 0.380. The molecule has 0 amide bonds. The highest BCUT2D eigenvalue weighted by Crippen LogP contribution is 2.34. The molecule has 3 N–H and O–H groups in total. The standard InChI is InChI=1S/C28H31N7/c1-17(2)30-21-12-18(3)11-20(13-21)19-7-8-23-22(14-19)26(34-33-23)28-31-24-15-29-16-25(27(24)32-28)35-9-5-4-6-10-35/h7-8,11-17,30H,4-6,9-10H2,1-3H3,(H,31,32)(H,33,34). The second-order valence-electron chi connectivity index (χ2n) is 9.91. The Kier molecular flexibility index (Phi) is 5.40. The average molecular weight is 466 g/mol. The largest absolute Gasteiger partial charge is 0.383 e. The van der Waals surface area contributed by atoms with E-state index >= 15 is 0 Å². The number of imidazole rings is 1. The maximum Gasteiger partial charge on any atom is 0.159 e. The van der Waals surface area contributed by atoms with Gasteiger partial charge in [0.05, 0.1) is 29.1 Å². The van der Waals surface area contributed by atoms with E-state index in [9.17, 15) is 0 Å². The molecule has 7 heteroatoms. The molecule has 0 unspecified atom stereocenters. The molecule has 6 rings (SSSR count). The van der Waals surface area contributed by atoms with Crippen molar-refractivity contribution in [2.24, 2.45) is 0 Å². The predicted octanol–water partition coefficient (Wildman–Crippen LogP) is 6.29. The number of pyridine rings is 1. The number of aromatic nitrogens is 5. The molecule has 0 aliphatic carbocycles. The van der Waals surface area contributed by atoms with E-state index in [0.717, 1.165) is 63.5 Å². The molecular weight excluding hydrogens is 434 g/mol. The fourth-order valence-corrected chi connectivity index (χ4v) is 5.14. The lowest BCUT2D eigenvalue weighted by Gasteiger charge is -2.28. The summed E-state index contributed by atoms with van der Waals surface area (Å²) >= 11 is 0. The highest BCUT2D eigenvalue weighted by atomic mass is 15.2. The smallest absolute Gasteiger partial charge is 0.159 e. The van der Waals surface area contributed by atoms with E-state index in [0.29, 0.717) is 6.04 Å². The fourth-order valence-electron chi connectivity index (χ4n) is 5.14. The van der Waals surface area contributed by atoms with Gasteiger partial charge in [-0.1, -0.05) is 12.1 Å². The Balaban J connectivity index is 1.42. The monoisotopic (exact) mass is 465 g/mol. The third-order valence-electron chi connectivity index (χ3n) is 6.72. The number of fused-ring (bicyclic) bond motifs is 2. The Morgan fingerprint density at radius 3 is 2.63 bits per heavy atom. The number of aromatic amines is 2. The van der Waals surface area contributed by atoms with Crippen LogP contribution in [0.25, 0.3) is 44.6 Å². The molecule has 3 aromatic heterocycles. The van der Waals surface area contributed by atoms with Crippen LogP contribution in [0.2, 0.25) is 0 Å². The van der Waals surface area contributed by atoms with Crippen molar-refractivity contribution in [1.29, 1.82) is 0 Å². The van der Waals surface area contributed by atoms with Gasteiger partial charge in [-0.25, -0.2) is 4.98 Å². The first kappa shape index (κ1) is 21.6. The highest BCUT2D eigenvalue weighted by Gasteiger charge is 2.19. The summed E-state index contributed by atoms with van der Waals surface area (Å²) in [5.74, 6) is 0.765. The summed E-state index contributed by atoms with van der Waals surface area (Å²) in [6.45, 7) is 8.57. The van der Waals surface area contributed by atoms with Gasteiger partial charge in [0.15, 0.2) is 5.82 Å². The Morgan fingerprint density at radius 2 is 1.80 bits per heavy atom. The minimum Gasteiger partial charge on any atom is -0.383 e. The quantitative estimate of drug-likeness (QED) is 0.284. The van der Waals surface area contributed by atoms with Gasteiger partial charge in [-0.3, -0.25) is 10.1 Å². The number of H-pyrrole nitrogens is 2. The van der Waals surface area contributed by atoms with Crippen LogP contribution in [0.15, 0.2) is 48.8 Å². The molecule has 0 bridgehead atoms. The van der Waals surface area contributed by atoms with Crippen LogP contribution in [0.5, 0.6) is 0 Å². The number of rotatable bonds is 5. The van der Waals surface area contributed by atoms with Crippen molar-refractivity contribution in [3.8, 4) is 22.6 Å². The summed E-state index contributed by atoms with van der Waals surface area (Å²) in [5.41, 5.74) is 9.54. The SMILES string of the molecule is Cc1cc(NC(C)C)cc(-c2ccc3[nH]nc(-c4nc5c(N6CCCCC6)cncc5[nH]4)c3c2)c1. The third-order valence-corrected chi connectivity index (χ3v) is 6.72. The van der Waals surface area contributed by atoms with Crippen LogP contribution in [0, 0.1) is 6.92 Å². The molecule has 1 aliphatic heterocycles. The third kappa shape index (κ3) is 4.11. The normalized spacial score (nSPS) is 14.3. The molecule has 4 heterocycles. The van der Waals surface area contributed by atoms with Gasteiger partial charge in [0.2, 0.25) is 0 Å². The topological polar surface area (TPSA) is 85.5 Å². The van der Waals surface area contributed by atoms with E-state index in [4.69, 9.17) is 4.98 Å². The van der Waals surface area contributed by atoms with Gasteiger partial charge in [0.25, 0.3) is 0 Å². The Labute approximate surface area is 205 Å². The van der Waals surface area contributed by atoms with Crippen molar-refractivity contribution < 1.29 is 0 Å². The molecular formula is C28H31N7. The number of hydrogen-bond donors (Lipinski definition) is 3. The lowest BCUT2D eigenvalue weighted by Crippen LogP contribution is -2.29. The fraction of sp³-hybridized carbons (Fsp3) is 0.321. The zero-order valence-electron chi connectivity index (χ0n) is 20.5. The van der Waals surface area contributed by atoms with Crippen LogP contribution >= 0.6 is 0 Å². The van der Waals surface area contributed by atoms with Crippen LogP contribution in [0.1, 0.15) is 38.7 Å². The van der Waals surface area contributed by atoms with Crippen molar-refractivity contribution in [3.63, 3.8) is 0 Å². The van der Waals surface area contributed by atoms with E-state index < -0.39 is 0 Å². The second kappa shape index (κ2) is 8.73. The molecule has 7 nitrogen and oxygen atoms in total. The molecule has 5 aromatic rings. The van der Waals surface area contributed by atoms with Crippen LogP contribution in [-0.4, -0.2) is 44.3 Å². The number of hydrogen-bond acceptors (Lipinski definition) is 5. The van der Waals surface area contributed by atoms with Crippen molar-refractivity contribution in [2.45, 2.75) is 46.1 Å². The van der Waals surface area contributed by atoms with Crippen LogP contribution < -0.4 is 10.2 Å². The summed E-state index contributed by atoms with van der Waals surface area (Å²) in [5, 5.41) is 12.4. The molecule has 0 spiro atoms. The Bertz CT molecular complexity index is 1500. The maximum atomic E-state index is 5.01. The van der Waals surface area contributed by atoms with Gasteiger partial charge in [0.1, 0.15) is 11.2 Å². The Morgan fingerprint density at radius 1 is 0.943 bits per heavy atom. The first-order chi connectivity index (χ1) is 17.0. The van der Waals surface area contributed by atoms with Crippen molar-refractivity contribution in [2.75, 3.05) is 23.3 Å². The van der Waals surface area contributed by atoms with Crippen LogP contribution in [0.3, 0.4) is 0 Å². The van der Waals surface area contributed by atoms with E-state index in [1.54, 1.807) is 0 Å². The van der Waals surface area contributed by atoms with Gasteiger partial charge in [0, 0.05) is 30.2 Å². The van der Waals surface area contributed by atoms with Gasteiger partial charge < -0.3 is 15.2 Å². The van der Waals surface area contributed by atoms with Gasteiger partial charge in [-0.15, -0.1) is 0 Å². The minimum atomic E-state index is 0.380. The number of aryl methyl sites for hydroxylation is 1. The molecule has 1 fully saturated rings. The maximum absolute atomic E-state index is 5.01. The number of piperidine rings is 1. The molecule has 1 saturated heterocycles. The summed E-state index contributed by atoms with van der Waals surface area (Å²) in [6, 6.07) is 13.5.